The van der Waals surface area contributed by atoms with E-state index in [1.807, 2.05) is 12.1 Å². The molecule has 0 amide bonds. The highest BCUT2D eigenvalue weighted by molar-refractivity contribution is 7.99. The number of aryl methyl sites for hydroxylation is 1. The topological polar surface area (TPSA) is 43.6 Å². The molecule has 0 unspecified atom stereocenters. The Balaban J connectivity index is 2.08. The first-order valence-electron chi connectivity index (χ1n) is 7.91. The molecular formula is C18H20N4S. The first-order chi connectivity index (χ1) is 11.3. The first-order valence-corrected chi connectivity index (χ1v) is 8.90. The van der Waals surface area contributed by atoms with Gasteiger partial charge in [-0.05, 0) is 42.7 Å². The molecule has 0 atom stereocenters. The molecule has 0 saturated heterocycles. The van der Waals surface area contributed by atoms with Crippen LogP contribution < -0.4 is 0 Å². The van der Waals surface area contributed by atoms with Crippen LogP contribution >= 0.6 is 11.8 Å². The SMILES string of the molecule is CCCSc1nnc(-c2ccncc2)n1-c1ccc(CC)cc1. The molecular weight excluding hydrogens is 304 g/mol. The molecule has 0 aliphatic carbocycles. The van der Waals surface area contributed by atoms with Gasteiger partial charge < -0.3 is 0 Å². The Morgan fingerprint density at radius 3 is 2.35 bits per heavy atom. The van der Waals surface area contributed by atoms with Gasteiger partial charge in [0.15, 0.2) is 11.0 Å². The maximum absolute atomic E-state index is 4.42. The van der Waals surface area contributed by atoms with Crippen molar-refractivity contribution in [1.82, 2.24) is 19.7 Å². The second kappa shape index (κ2) is 7.42. The van der Waals surface area contributed by atoms with E-state index >= 15 is 0 Å². The average Bonchev–Trinajstić information content (AvgIpc) is 3.04. The number of aromatic nitrogens is 4. The number of hydrogen-bond acceptors (Lipinski definition) is 4. The fourth-order valence-corrected chi connectivity index (χ4v) is 3.16. The predicted octanol–water partition coefficient (Wildman–Crippen LogP) is 4.39. The molecule has 0 spiro atoms. The number of rotatable bonds is 6. The summed E-state index contributed by atoms with van der Waals surface area (Å²) in [6, 6.07) is 12.6. The summed E-state index contributed by atoms with van der Waals surface area (Å²) in [5.74, 6) is 1.89. The largest absolute Gasteiger partial charge is 0.270 e. The van der Waals surface area contributed by atoms with Gasteiger partial charge in [0.1, 0.15) is 0 Å². The van der Waals surface area contributed by atoms with Gasteiger partial charge in [0.2, 0.25) is 0 Å². The van der Waals surface area contributed by atoms with Crippen molar-refractivity contribution >= 4 is 11.8 Å². The predicted molar refractivity (Wildman–Crippen MR) is 95.0 cm³/mol. The Bertz CT molecular complexity index is 750. The van der Waals surface area contributed by atoms with Gasteiger partial charge in [-0.2, -0.15) is 0 Å². The van der Waals surface area contributed by atoms with E-state index in [1.165, 1.54) is 5.56 Å². The molecule has 4 nitrogen and oxygen atoms in total. The lowest BCUT2D eigenvalue weighted by atomic mass is 10.1. The number of thioether (sulfide) groups is 1. The molecule has 0 radical (unpaired) electrons. The normalized spacial score (nSPS) is 10.9. The maximum Gasteiger partial charge on any atom is 0.196 e. The minimum absolute atomic E-state index is 0.857. The molecule has 0 fully saturated rings. The van der Waals surface area contributed by atoms with Crippen molar-refractivity contribution < 1.29 is 0 Å². The van der Waals surface area contributed by atoms with Crippen LogP contribution in [-0.4, -0.2) is 25.5 Å². The van der Waals surface area contributed by atoms with Gasteiger partial charge in [0.25, 0.3) is 0 Å². The Morgan fingerprint density at radius 1 is 0.957 bits per heavy atom. The Labute approximate surface area is 141 Å². The zero-order valence-electron chi connectivity index (χ0n) is 13.4. The van der Waals surface area contributed by atoms with E-state index in [2.05, 4.69) is 57.9 Å². The first kappa shape index (κ1) is 15.7. The Hall–Kier alpha value is -2.14. The Kier molecular flexibility index (Phi) is 5.08. The summed E-state index contributed by atoms with van der Waals surface area (Å²) in [6.07, 6.45) is 5.72. The molecule has 5 heteroatoms. The van der Waals surface area contributed by atoms with E-state index in [4.69, 9.17) is 0 Å². The molecule has 3 rings (SSSR count). The van der Waals surface area contributed by atoms with Crippen molar-refractivity contribution in [3.8, 4) is 17.1 Å². The third kappa shape index (κ3) is 3.45. The zero-order chi connectivity index (χ0) is 16.1. The number of hydrogen-bond donors (Lipinski definition) is 0. The van der Waals surface area contributed by atoms with Crippen molar-refractivity contribution in [2.45, 2.75) is 31.8 Å². The standard InChI is InChI=1S/C18H20N4S/c1-3-13-23-18-21-20-17(15-9-11-19-12-10-15)22(18)16-7-5-14(4-2)6-8-16/h5-12H,3-4,13H2,1-2H3. The molecule has 0 saturated carbocycles. The molecule has 3 aromatic rings. The van der Waals surface area contributed by atoms with Crippen LogP contribution in [0.2, 0.25) is 0 Å². The molecule has 2 aromatic heterocycles. The quantitative estimate of drug-likeness (QED) is 0.631. The highest BCUT2D eigenvalue weighted by Gasteiger charge is 2.15. The zero-order valence-corrected chi connectivity index (χ0v) is 14.3. The molecule has 0 aliphatic rings. The third-order valence-electron chi connectivity index (χ3n) is 3.61. The van der Waals surface area contributed by atoms with Crippen molar-refractivity contribution in [1.29, 1.82) is 0 Å². The van der Waals surface area contributed by atoms with Gasteiger partial charge in [0, 0.05) is 29.4 Å². The van der Waals surface area contributed by atoms with E-state index in [9.17, 15) is 0 Å². The summed E-state index contributed by atoms with van der Waals surface area (Å²) in [6.45, 7) is 4.34. The monoisotopic (exact) mass is 324 g/mol. The third-order valence-corrected chi connectivity index (χ3v) is 4.74. The van der Waals surface area contributed by atoms with Crippen LogP contribution in [0.5, 0.6) is 0 Å². The molecule has 118 valence electrons. The van der Waals surface area contributed by atoms with Crippen molar-refractivity contribution in [3.05, 3.63) is 54.4 Å². The van der Waals surface area contributed by atoms with Crippen LogP contribution in [0.1, 0.15) is 25.8 Å². The summed E-state index contributed by atoms with van der Waals surface area (Å²) < 4.78 is 2.13. The van der Waals surface area contributed by atoms with Gasteiger partial charge >= 0.3 is 0 Å². The van der Waals surface area contributed by atoms with Crippen LogP contribution in [-0.2, 0) is 6.42 Å². The fraction of sp³-hybridized carbons (Fsp3) is 0.278. The summed E-state index contributed by atoms with van der Waals surface area (Å²) >= 11 is 1.74. The van der Waals surface area contributed by atoms with Crippen LogP contribution in [0.15, 0.2) is 53.9 Å². The number of benzene rings is 1. The lowest BCUT2D eigenvalue weighted by molar-refractivity contribution is 0.883. The van der Waals surface area contributed by atoms with Crippen LogP contribution in [0.4, 0.5) is 0 Å². The van der Waals surface area contributed by atoms with Crippen molar-refractivity contribution in [3.63, 3.8) is 0 Å². The van der Waals surface area contributed by atoms with E-state index in [-0.39, 0.29) is 0 Å². The summed E-state index contributed by atoms with van der Waals surface area (Å²) in [4.78, 5) is 4.09. The van der Waals surface area contributed by atoms with Gasteiger partial charge in [0.05, 0.1) is 0 Å². The highest BCUT2D eigenvalue weighted by Crippen LogP contribution is 2.28. The summed E-state index contributed by atoms with van der Waals surface area (Å²) in [7, 11) is 0. The van der Waals surface area contributed by atoms with E-state index in [1.54, 1.807) is 24.2 Å². The smallest absolute Gasteiger partial charge is 0.196 e. The lowest BCUT2D eigenvalue weighted by Gasteiger charge is -2.10. The second-order valence-corrected chi connectivity index (χ2v) is 6.31. The van der Waals surface area contributed by atoms with Crippen molar-refractivity contribution in [2.24, 2.45) is 0 Å². The van der Waals surface area contributed by atoms with Gasteiger partial charge in [-0.3, -0.25) is 9.55 Å². The van der Waals surface area contributed by atoms with Gasteiger partial charge in [-0.1, -0.05) is 37.7 Å². The average molecular weight is 324 g/mol. The van der Waals surface area contributed by atoms with Crippen LogP contribution in [0.25, 0.3) is 17.1 Å². The summed E-state index contributed by atoms with van der Waals surface area (Å²) in [5.41, 5.74) is 3.45. The Morgan fingerprint density at radius 2 is 1.70 bits per heavy atom. The molecule has 23 heavy (non-hydrogen) atoms. The summed E-state index contributed by atoms with van der Waals surface area (Å²) in [5, 5.41) is 9.76. The minimum Gasteiger partial charge on any atom is -0.270 e. The number of nitrogens with zero attached hydrogens (tertiary/aromatic N) is 4. The molecule has 1 aromatic carbocycles. The van der Waals surface area contributed by atoms with Crippen molar-refractivity contribution in [2.75, 3.05) is 5.75 Å². The fourth-order valence-electron chi connectivity index (χ4n) is 2.36. The maximum atomic E-state index is 4.42. The van der Waals surface area contributed by atoms with Crippen LogP contribution in [0, 0.1) is 0 Å². The highest BCUT2D eigenvalue weighted by atomic mass is 32.2. The van der Waals surface area contributed by atoms with E-state index in [0.717, 1.165) is 40.8 Å². The molecule has 2 heterocycles. The number of pyridine rings is 1. The minimum atomic E-state index is 0.857. The molecule has 0 aliphatic heterocycles. The van der Waals surface area contributed by atoms with Crippen LogP contribution in [0.3, 0.4) is 0 Å². The van der Waals surface area contributed by atoms with Gasteiger partial charge in [-0.25, -0.2) is 0 Å². The molecule has 0 N–H and O–H groups in total. The van der Waals surface area contributed by atoms with E-state index < -0.39 is 0 Å². The van der Waals surface area contributed by atoms with Gasteiger partial charge in [-0.15, -0.1) is 10.2 Å². The second-order valence-electron chi connectivity index (χ2n) is 5.25. The van der Waals surface area contributed by atoms with E-state index in [0.29, 0.717) is 0 Å². The lowest BCUT2D eigenvalue weighted by Crippen LogP contribution is -2.00. The molecule has 0 bridgehead atoms.